The highest BCUT2D eigenvalue weighted by atomic mass is 16.2. The number of benzene rings is 1. The van der Waals surface area contributed by atoms with Crippen molar-refractivity contribution in [3.63, 3.8) is 0 Å². The number of carbonyl (C=O) groups is 1. The number of carbonyl (C=O) groups excluding carboxylic acids is 1. The number of amides is 2. The minimum atomic E-state index is -0.112. The van der Waals surface area contributed by atoms with Crippen LogP contribution < -0.4 is 16.4 Å². The number of nitrogens with two attached hydrogens (primary N) is 1. The number of unbranched alkanes of at least 4 members (excludes halogenated alkanes) is 1. The highest BCUT2D eigenvalue weighted by molar-refractivity contribution is 5.74. The summed E-state index contributed by atoms with van der Waals surface area (Å²) in [6, 6.07) is 7.86. The van der Waals surface area contributed by atoms with Gasteiger partial charge in [-0.25, -0.2) is 4.79 Å². The molecule has 1 atom stereocenters. The fourth-order valence-electron chi connectivity index (χ4n) is 1.65. The summed E-state index contributed by atoms with van der Waals surface area (Å²) in [4.78, 5) is 11.6. The van der Waals surface area contributed by atoms with Crippen LogP contribution in [0.1, 0.15) is 43.9 Å². The van der Waals surface area contributed by atoms with Crippen molar-refractivity contribution >= 4 is 6.03 Å². The molecule has 1 rings (SSSR count). The zero-order valence-electron chi connectivity index (χ0n) is 11.2. The molecule has 1 unspecified atom stereocenters. The summed E-state index contributed by atoms with van der Waals surface area (Å²) >= 11 is 0. The maximum Gasteiger partial charge on any atom is 0.315 e. The smallest absolute Gasteiger partial charge is 0.315 e. The Morgan fingerprint density at radius 2 is 2.00 bits per heavy atom. The summed E-state index contributed by atoms with van der Waals surface area (Å²) in [7, 11) is 0. The molecule has 0 saturated carbocycles. The van der Waals surface area contributed by atoms with Crippen LogP contribution in [0.5, 0.6) is 0 Å². The summed E-state index contributed by atoms with van der Waals surface area (Å²) < 4.78 is 0. The molecular weight excluding hydrogens is 226 g/mol. The average Bonchev–Trinajstić information content (AvgIpc) is 2.39. The Kier molecular flexibility index (Phi) is 6.22. The first-order chi connectivity index (χ1) is 8.67. The van der Waals surface area contributed by atoms with Gasteiger partial charge in [-0.05, 0) is 24.5 Å². The number of hydrogen-bond acceptors (Lipinski definition) is 2. The van der Waals surface area contributed by atoms with Crippen LogP contribution in [0.25, 0.3) is 0 Å². The highest BCUT2D eigenvalue weighted by Gasteiger charge is 2.08. The summed E-state index contributed by atoms with van der Waals surface area (Å²) in [5.41, 5.74) is 7.72. The standard InChI is InChI=1S/C14H23N3O/c1-3-4-9-16-14(18)17-11(2)13-7-5-12(10-15)6-8-13/h5-8,11H,3-4,9-10,15H2,1-2H3,(H2,16,17,18). The van der Waals surface area contributed by atoms with Gasteiger partial charge in [0.2, 0.25) is 0 Å². The van der Waals surface area contributed by atoms with E-state index >= 15 is 0 Å². The lowest BCUT2D eigenvalue weighted by atomic mass is 10.1. The molecule has 0 fully saturated rings. The Hall–Kier alpha value is -1.55. The Labute approximate surface area is 109 Å². The molecule has 4 N–H and O–H groups in total. The van der Waals surface area contributed by atoms with Gasteiger partial charge in [-0.15, -0.1) is 0 Å². The van der Waals surface area contributed by atoms with Gasteiger partial charge in [-0.1, -0.05) is 37.6 Å². The summed E-state index contributed by atoms with van der Waals surface area (Å²) in [6.07, 6.45) is 2.09. The number of nitrogens with one attached hydrogen (secondary N) is 2. The van der Waals surface area contributed by atoms with E-state index < -0.39 is 0 Å². The first kappa shape index (κ1) is 14.5. The van der Waals surface area contributed by atoms with Gasteiger partial charge >= 0.3 is 6.03 Å². The molecule has 2 amide bonds. The third-order valence-electron chi connectivity index (χ3n) is 2.88. The molecule has 0 spiro atoms. The Morgan fingerprint density at radius 3 is 2.56 bits per heavy atom. The van der Waals surface area contributed by atoms with E-state index in [1.807, 2.05) is 31.2 Å². The van der Waals surface area contributed by atoms with Crippen LogP contribution >= 0.6 is 0 Å². The van der Waals surface area contributed by atoms with Crippen molar-refractivity contribution in [2.24, 2.45) is 5.73 Å². The van der Waals surface area contributed by atoms with Crippen LogP contribution in [-0.2, 0) is 6.54 Å². The van der Waals surface area contributed by atoms with Gasteiger partial charge in [0, 0.05) is 13.1 Å². The van der Waals surface area contributed by atoms with Crippen molar-refractivity contribution in [1.82, 2.24) is 10.6 Å². The Balaban J connectivity index is 2.43. The van der Waals surface area contributed by atoms with Crippen molar-refractivity contribution in [1.29, 1.82) is 0 Å². The molecular formula is C14H23N3O. The monoisotopic (exact) mass is 249 g/mol. The van der Waals surface area contributed by atoms with E-state index in [1.54, 1.807) is 0 Å². The minimum Gasteiger partial charge on any atom is -0.338 e. The van der Waals surface area contributed by atoms with Crippen molar-refractivity contribution in [2.45, 2.75) is 39.3 Å². The predicted octanol–water partition coefficient (Wildman–Crippen LogP) is 2.31. The van der Waals surface area contributed by atoms with Gasteiger partial charge in [0.05, 0.1) is 6.04 Å². The number of hydrogen-bond donors (Lipinski definition) is 3. The quantitative estimate of drug-likeness (QED) is 0.677. The van der Waals surface area contributed by atoms with Gasteiger partial charge in [0.1, 0.15) is 0 Å². The third-order valence-corrected chi connectivity index (χ3v) is 2.88. The molecule has 0 heterocycles. The number of rotatable bonds is 6. The van der Waals surface area contributed by atoms with Crippen molar-refractivity contribution in [2.75, 3.05) is 6.54 Å². The fourth-order valence-corrected chi connectivity index (χ4v) is 1.65. The number of urea groups is 1. The largest absolute Gasteiger partial charge is 0.338 e. The van der Waals surface area contributed by atoms with Gasteiger partial charge in [0.25, 0.3) is 0 Å². The van der Waals surface area contributed by atoms with E-state index in [-0.39, 0.29) is 12.1 Å². The molecule has 0 aliphatic carbocycles. The van der Waals surface area contributed by atoms with Crippen LogP contribution in [0, 0.1) is 0 Å². The summed E-state index contributed by atoms with van der Waals surface area (Å²) in [6.45, 7) is 5.33. The van der Waals surface area contributed by atoms with E-state index in [4.69, 9.17) is 5.73 Å². The zero-order valence-corrected chi connectivity index (χ0v) is 11.2. The van der Waals surface area contributed by atoms with Crippen molar-refractivity contribution in [3.05, 3.63) is 35.4 Å². The molecule has 0 aromatic heterocycles. The van der Waals surface area contributed by atoms with E-state index in [0.29, 0.717) is 6.54 Å². The molecule has 0 aliphatic heterocycles. The van der Waals surface area contributed by atoms with Gasteiger partial charge in [-0.3, -0.25) is 0 Å². The lowest BCUT2D eigenvalue weighted by molar-refractivity contribution is 0.238. The Bertz CT molecular complexity index is 362. The average molecular weight is 249 g/mol. The predicted molar refractivity (Wildman–Crippen MR) is 74.2 cm³/mol. The van der Waals surface area contributed by atoms with E-state index in [2.05, 4.69) is 17.6 Å². The van der Waals surface area contributed by atoms with Crippen LogP contribution in [-0.4, -0.2) is 12.6 Å². The molecule has 1 aromatic carbocycles. The third kappa shape index (κ3) is 4.75. The maximum atomic E-state index is 11.6. The Morgan fingerprint density at radius 1 is 1.33 bits per heavy atom. The second kappa shape index (κ2) is 7.71. The topological polar surface area (TPSA) is 67.2 Å². The van der Waals surface area contributed by atoms with Crippen LogP contribution in [0.4, 0.5) is 4.79 Å². The second-order valence-electron chi connectivity index (χ2n) is 4.42. The van der Waals surface area contributed by atoms with Crippen molar-refractivity contribution < 1.29 is 4.79 Å². The molecule has 0 bridgehead atoms. The van der Waals surface area contributed by atoms with Crippen LogP contribution in [0.15, 0.2) is 24.3 Å². The minimum absolute atomic E-state index is 0.00143. The molecule has 4 nitrogen and oxygen atoms in total. The van der Waals surface area contributed by atoms with Gasteiger partial charge < -0.3 is 16.4 Å². The molecule has 4 heteroatoms. The normalized spacial score (nSPS) is 11.9. The van der Waals surface area contributed by atoms with Crippen LogP contribution in [0.2, 0.25) is 0 Å². The van der Waals surface area contributed by atoms with Gasteiger partial charge in [-0.2, -0.15) is 0 Å². The first-order valence-corrected chi connectivity index (χ1v) is 6.50. The van der Waals surface area contributed by atoms with E-state index in [9.17, 15) is 4.79 Å². The fraction of sp³-hybridized carbons (Fsp3) is 0.500. The summed E-state index contributed by atoms with van der Waals surface area (Å²) in [5.74, 6) is 0. The zero-order chi connectivity index (χ0) is 13.4. The van der Waals surface area contributed by atoms with E-state index in [1.165, 1.54) is 0 Å². The first-order valence-electron chi connectivity index (χ1n) is 6.50. The van der Waals surface area contributed by atoms with Gasteiger partial charge in [0.15, 0.2) is 0 Å². The highest BCUT2D eigenvalue weighted by Crippen LogP contribution is 2.12. The molecule has 100 valence electrons. The van der Waals surface area contributed by atoms with Crippen LogP contribution in [0.3, 0.4) is 0 Å². The molecule has 0 aliphatic rings. The molecule has 0 saturated heterocycles. The SMILES string of the molecule is CCCCNC(=O)NC(C)c1ccc(CN)cc1. The maximum absolute atomic E-state index is 11.6. The lowest BCUT2D eigenvalue weighted by Crippen LogP contribution is -2.37. The van der Waals surface area contributed by atoms with Crippen molar-refractivity contribution in [3.8, 4) is 0 Å². The summed E-state index contributed by atoms with van der Waals surface area (Å²) in [5, 5.41) is 5.75. The molecule has 18 heavy (non-hydrogen) atoms. The molecule has 1 aromatic rings. The second-order valence-corrected chi connectivity index (χ2v) is 4.42. The lowest BCUT2D eigenvalue weighted by Gasteiger charge is -2.15. The molecule has 0 radical (unpaired) electrons. The van der Waals surface area contributed by atoms with E-state index in [0.717, 1.165) is 30.5 Å².